The number of rotatable bonds is 12. The highest BCUT2D eigenvalue weighted by atomic mass is 28.4. The summed E-state index contributed by atoms with van der Waals surface area (Å²) in [7, 11) is -4.31. The Hall–Kier alpha value is 0.194. The highest BCUT2D eigenvalue weighted by Gasteiger charge is 2.39. The number of aliphatic hydroxyl groups excluding tert-OH is 2. The summed E-state index contributed by atoms with van der Waals surface area (Å²) in [5, 5.41) is 17.5. The molecule has 0 spiro atoms. The van der Waals surface area contributed by atoms with Crippen LogP contribution in [0.1, 0.15) is 13.8 Å². The number of ether oxygens (including phenoxy) is 2. The van der Waals surface area contributed by atoms with Gasteiger partial charge in [0, 0.05) is 0 Å². The van der Waals surface area contributed by atoms with Gasteiger partial charge in [0.2, 0.25) is 8.32 Å². The fraction of sp³-hybridized carbons (Fsp3) is 1.00. The molecule has 8 heteroatoms. The van der Waals surface area contributed by atoms with Gasteiger partial charge >= 0.3 is 8.56 Å². The molecule has 0 saturated heterocycles. The molecule has 0 aliphatic heterocycles. The highest BCUT2D eigenvalue weighted by Crippen LogP contribution is 2.22. The van der Waals surface area contributed by atoms with Crippen molar-refractivity contribution in [1.82, 2.24) is 0 Å². The first-order valence-electron chi connectivity index (χ1n) is 7.31. The summed E-state index contributed by atoms with van der Waals surface area (Å²) in [5.41, 5.74) is -0.457. The number of hydrogen-bond donors (Lipinski definition) is 2. The fourth-order valence-corrected chi connectivity index (χ4v) is 9.93. The summed E-state index contributed by atoms with van der Waals surface area (Å²) in [6.07, 6.45) is 0.536. The quantitative estimate of drug-likeness (QED) is 0.411. The topological polar surface area (TPSA) is 77.4 Å². The maximum Gasteiger partial charge on any atom is 0.322 e. The molecule has 0 aromatic carbocycles. The van der Waals surface area contributed by atoms with Crippen LogP contribution >= 0.6 is 0 Å². The molecule has 0 aromatic heterocycles. The van der Waals surface area contributed by atoms with Crippen molar-refractivity contribution in [3.8, 4) is 0 Å². The van der Waals surface area contributed by atoms with Gasteiger partial charge in [-0.1, -0.05) is 0 Å². The Balaban J connectivity index is 4.38. The van der Waals surface area contributed by atoms with Crippen LogP contribution in [0.4, 0.5) is 0 Å². The zero-order chi connectivity index (χ0) is 16.6. The minimum atomic E-state index is -2.32. The van der Waals surface area contributed by atoms with Gasteiger partial charge in [0.25, 0.3) is 0 Å². The lowest BCUT2D eigenvalue weighted by molar-refractivity contribution is -0.0273. The predicted octanol–water partition coefficient (Wildman–Crippen LogP) is 1.26. The van der Waals surface area contributed by atoms with Gasteiger partial charge in [-0.2, -0.15) is 0 Å². The van der Waals surface area contributed by atoms with Crippen LogP contribution in [-0.2, 0) is 18.0 Å². The summed E-state index contributed by atoms with van der Waals surface area (Å²) in [5.74, 6) is 0. The normalized spacial score (nSPS) is 13.7. The maximum atomic E-state index is 8.75. The third kappa shape index (κ3) is 11.4. The monoisotopic (exact) mass is 340 g/mol. The lowest BCUT2D eigenvalue weighted by Gasteiger charge is -2.38. The minimum absolute atomic E-state index is 0.00947. The summed E-state index contributed by atoms with van der Waals surface area (Å²) >= 11 is 0. The van der Waals surface area contributed by atoms with E-state index < -0.39 is 22.5 Å². The first-order chi connectivity index (χ1) is 9.54. The minimum Gasteiger partial charge on any atom is -0.434 e. The Morgan fingerprint density at radius 1 is 0.905 bits per heavy atom. The molecule has 0 fully saturated rings. The van der Waals surface area contributed by atoms with Crippen LogP contribution in [-0.4, -0.2) is 72.0 Å². The molecule has 21 heavy (non-hydrogen) atoms. The van der Waals surface area contributed by atoms with Gasteiger partial charge in [0.1, 0.15) is 0 Å². The fourth-order valence-electron chi connectivity index (χ4n) is 2.18. The number of hydrogen-bond acceptors (Lipinski definition) is 6. The van der Waals surface area contributed by atoms with Crippen molar-refractivity contribution in [3.63, 3.8) is 0 Å². The van der Waals surface area contributed by atoms with Crippen LogP contribution in [0.15, 0.2) is 0 Å². The third-order valence-electron chi connectivity index (χ3n) is 2.41. The van der Waals surface area contributed by atoms with Gasteiger partial charge in [0.15, 0.2) is 0 Å². The second kappa shape index (κ2) is 9.36. The van der Waals surface area contributed by atoms with E-state index in [9.17, 15) is 0 Å². The Kier molecular flexibility index (Phi) is 9.45. The SMILES string of the molecule is CC(C)(COCCO)O[Si](C)(C)O[Si](C)(C)COCCO. The lowest BCUT2D eigenvalue weighted by atomic mass is 10.2. The van der Waals surface area contributed by atoms with Crippen molar-refractivity contribution in [2.45, 2.75) is 45.6 Å². The van der Waals surface area contributed by atoms with Crippen LogP contribution in [0.2, 0.25) is 26.2 Å². The van der Waals surface area contributed by atoms with Crippen molar-refractivity contribution in [2.75, 3.05) is 39.3 Å². The molecule has 0 aromatic rings. The predicted molar refractivity (Wildman–Crippen MR) is 87.0 cm³/mol. The first kappa shape index (κ1) is 21.2. The first-order valence-corrected chi connectivity index (χ1v) is 13.2. The molecule has 0 aliphatic carbocycles. The maximum absolute atomic E-state index is 8.75. The molecule has 0 atom stereocenters. The molecule has 0 unspecified atom stereocenters. The summed E-state index contributed by atoms with van der Waals surface area (Å²) < 4.78 is 23.2. The van der Waals surface area contributed by atoms with Crippen molar-refractivity contribution >= 4 is 16.9 Å². The van der Waals surface area contributed by atoms with Gasteiger partial charge in [0.05, 0.1) is 44.9 Å². The summed E-state index contributed by atoms with van der Waals surface area (Å²) in [6, 6.07) is 0. The molecule has 0 rings (SSSR count). The van der Waals surface area contributed by atoms with Crippen molar-refractivity contribution in [2.24, 2.45) is 0 Å². The average molecular weight is 341 g/mol. The van der Waals surface area contributed by atoms with Crippen LogP contribution in [0, 0.1) is 0 Å². The van der Waals surface area contributed by atoms with Crippen LogP contribution in [0.5, 0.6) is 0 Å². The summed E-state index contributed by atoms with van der Waals surface area (Å²) in [6.45, 7) is 13.2. The molecule has 6 nitrogen and oxygen atoms in total. The molecule has 0 heterocycles. The Morgan fingerprint density at radius 3 is 1.95 bits per heavy atom. The van der Waals surface area contributed by atoms with Crippen molar-refractivity contribution in [3.05, 3.63) is 0 Å². The van der Waals surface area contributed by atoms with E-state index in [1.807, 2.05) is 26.9 Å². The zero-order valence-electron chi connectivity index (χ0n) is 14.3. The lowest BCUT2D eigenvalue weighted by Crippen LogP contribution is -2.53. The van der Waals surface area contributed by atoms with Gasteiger partial charge < -0.3 is 28.2 Å². The van der Waals surface area contributed by atoms with Crippen LogP contribution < -0.4 is 0 Å². The molecule has 0 radical (unpaired) electrons. The second-order valence-electron chi connectivity index (χ2n) is 6.68. The molecule has 0 aliphatic rings. The van der Waals surface area contributed by atoms with E-state index in [4.69, 9.17) is 28.2 Å². The van der Waals surface area contributed by atoms with Crippen molar-refractivity contribution < 1.29 is 28.2 Å². The Bertz CT molecular complexity index is 258. The summed E-state index contributed by atoms with van der Waals surface area (Å²) in [4.78, 5) is 0. The van der Waals surface area contributed by atoms with Crippen LogP contribution in [0.3, 0.4) is 0 Å². The third-order valence-corrected chi connectivity index (χ3v) is 8.53. The smallest absolute Gasteiger partial charge is 0.322 e. The van der Waals surface area contributed by atoms with E-state index in [0.717, 1.165) is 0 Å². The van der Waals surface area contributed by atoms with Gasteiger partial charge in [-0.3, -0.25) is 0 Å². The standard InChI is InChI=1S/C13H32O6Si2/c1-13(2,11-16-9-7-14)18-21(5,6)19-20(3,4)12-17-10-8-15/h14-15H,7-12H2,1-6H3. The Labute approximate surface area is 130 Å². The second-order valence-corrected chi connectivity index (χ2v) is 14.3. The van der Waals surface area contributed by atoms with Gasteiger partial charge in [-0.15, -0.1) is 0 Å². The molecular weight excluding hydrogens is 308 g/mol. The van der Waals surface area contributed by atoms with Gasteiger partial charge in [-0.05, 0) is 40.0 Å². The molecule has 0 amide bonds. The van der Waals surface area contributed by atoms with E-state index >= 15 is 0 Å². The molecule has 2 N–H and O–H groups in total. The molecule has 0 saturated carbocycles. The zero-order valence-corrected chi connectivity index (χ0v) is 16.3. The van der Waals surface area contributed by atoms with E-state index in [1.54, 1.807) is 0 Å². The Morgan fingerprint density at radius 2 is 1.43 bits per heavy atom. The largest absolute Gasteiger partial charge is 0.434 e. The van der Waals surface area contributed by atoms with E-state index in [0.29, 0.717) is 26.1 Å². The van der Waals surface area contributed by atoms with E-state index in [-0.39, 0.29) is 13.2 Å². The van der Waals surface area contributed by atoms with E-state index in [1.165, 1.54) is 0 Å². The highest BCUT2D eigenvalue weighted by molar-refractivity contribution is 6.82. The molecular formula is C13H32O6Si2. The molecule has 0 bridgehead atoms. The average Bonchev–Trinajstić information content (AvgIpc) is 2.25. The molecule has 128 valence electrons. The van der Waals surface area contributed by atoms with E-state index in [2.05, 4.69) is 13.1 Å². The van der Waals surface area contributed by atoms with Crippen LogP contribution in [0.25, 0.3) is 0 Å². The van der Waals surface area contributed by atoms with Gasteiger partial charge in [-0.25, -0.2) is 0 Å². The van der Waals surface area contributed by atoms with Crippen molar-refractivity contribution in [1.29, 1.82) is 0 Å². The number of aliphatic hydroxyl groups is 2.